The van der Waals surface area contributed by atoms with Gasteiger partial charge in [0.1, 0.15) is 18.5 Å². The van der Waals surface area contributed by atoms with Crippen LogP contribution in [-0.2, 0) is 4.79 Å². The Morgan fingerprint density at radius 1 is 1.06 bits per heavy atom. The third-order valence-corrected chi connectivity index (χ3v) is 7.61. The van der Waals surface area contributed by atoms with Crippen LogP contribution in [0, 0.1) is 5.92 Å². The van der Waals surface area contributed by atoms with Crippen LogP contribution in [-0.4, -0.2) is 71.1 Å². The maximum Gasteiger partial charge on any atom is 0.252 e. The van der Waals surface area contributed by atoms with Gasteiger partial charge in [0.25, 0.3) is 5.91 Å². The van der Waals surface area contributed by atoms with Gasteiger partial charge in [-0.25, -0.2) is 0 Å². The zero-order valence-electron chi connectivity index (χ0n) is 19.0. The molecule has 2 amide bonds. The highest BCUT2D eigenvalue weighted by Gasteiger charge is 2.41. The second-order valence-electron chi connectivity index (χ2n) is 9.70. The van der Waals surface area contributed by atoms with Gasteiger partial charge in [-0.15, -0.1) is 0 Å². The Balaban J connectivity index is 1.33. The summed E-state index contributed by atoms with van der Waals surface area (Å²) in [5.74, 6) is 0.530. The summed E-state index contributed by atoms with van der Waals surface area (Å²) in [5, 5.41) is 9.47. The highest BCUT2D eigenvalue weighted by atomic mass is 16.5. The van der Waals surface area contributed by atoms with Crippen LogP contribution >= 0.6 is 0 Å². The molecule has 32 heavy (non-hydrogen) atoms. The molecule has 3 N–H and O–H groups in total. The predicted molar refractivity (Wildman–Crippen MR) is 122 cm³/mol. The number of carbonyl (C=O) groups excluding carboxylic acids is 2. The molecule has 2 atom stereocenters. The molecule has 2 unspecified atom stereocenters. The van der Waals surface area contributed by atoms with Gasteiger partial charge >= 0.3 is 0 Å². The van der Waals surface area contributed by atoms with Gasteiger partial charge in [0.15, 0.2) is 0 Å². The second kappa shape index (κ2) is 10.7. The Bertz CT molecular complexity index is 781. The lowest BCUT2D eigenvalue weighted by Crippen LogP contribution is -2.50. The lowest BCUT2D eigenvalue weighted by Gasteiger charge is -2.40. The molecule has 0 spiro atoms. The van der Waals surface area contributed by atoms with Gasteiger partial charge in [-0.05, 0) is 56.6 Å². The minimum atomic E-state index is -0.465. The van der Waals surface area contributed by atoms with E-state index in [1.165, 1.54) is 32.1 Å². The van der Waals surface area contributed by atoms with Crippen molar-refractivity contribution in [1.29, 1.82) is 0 Å². The third kappa shape index (κ3) is 5.44. The Hall–Kier alpha value is -2.12. The molecular formula is C25H37N3O4. The highest BCUT2D eigenvalue weighted by molar-refractivity contribution is 5.95. The molecule has 7 nitrogen and oxygen atoms in total. The molecule has 1 aromatic rings. The van der Waals surface area contributed by atoms with Gasteiger partial charge < -0.3 is 20.5 Å². The van der Waals surface area contributed by atoms with Gasteiger partial charge in [0, 0.05) is 31.7 Å². The zero-order valence-corrected chi connectivity index (χ0v) is 19.0. The number of piperidine rings is 1. The Labute approximate surface area is 190 Å². The number of aliphatic hydroxyl groups excluding tert-OH is 1. The smallest absolute Gasteiger partial charge is 0.252 e. The van der Waals surface area contributed by atoms with E-state index in [1.807, 2.05) is 17.0 Å². The van der Waals surface area contributed by atoms with Gasteiger partial charge in [0.2, 0.25) is 5.91 Å². The number of benzene rings is 1. The molecule has 2 aliphatic heterocycles. The molecule has 0 aromatic heterocycles. The number of para-hydroxylation sites is 1. The summed E-state index contributed by atoms with van der Waals surface area (Å²) < 4.78 is 6.23. The number of hydrogen-bond acceptors (Lipinski definition) is 5. The molecule has 2 saturated heterocycles. The van der Waals surface area contributed by atoms with Crippen LogP contribution in [0.2, 0.25) is 0 Å². The number of nitrogens with zero attached hydrogens (tertiary/aromatic N) is 2. The van der Waals surface area contributed by atoms with E-state index in [0.29, 0.717) is 35.9 Å². The number of ether oxygens (including phenoxy) is 1. The summed E-state index contributed by atoms with van der Waals surface area (Å²) in [4.78, 5) is 28.5. The van der Waals surface area contributed by atoms with Crippen LogP contribution in [0.5, 0.6) is 5.75 Å². The van der Waals surface area contributed by atoms with Crippen molar-refractivity contribution in [2.45, 2.75) is 76.0 Å². The SMILES string of the molecule is NC(=O)c1ccccc1OC1CC2CCC(C1)N2CCN(CC1CCCCC1)C(=O)CO. The van der Waals surface area contributed by atoms with Crippen molar-refractivity contribution in [2.75, 3.05) is 26.2 Å². The van der Waals surface area contributed by atoms with E-state index in [0.717, 1.165) is 38.8 Å². The standard InChI is InChI=1S/C25H37N3O4/c26-25(31)22-8-4-5-9-23(22)32-21-14-19-10-11-20(15-21)28(19)13-12-27(24(30)17-29)16-18-6-2-1-3-7-18/h4-5,8-9,18-21,29H,1-3,6-7,10-17H2,(H2,26,31). The second-order valence-corrected chi connectivity index (χ2v) is 9.70. The van der Waals surface area contributed by atoms with Crippen LogP contribution in [0.25, 0.3) is 0 Å². The van der Waals surface area contributed by atoms with E-state index in [1.54, 1.807) is 12.1 Å². The largest absolute Gasteiger partial charge is 0.489 e. The summed E-state index contributed by atoms with van der Waals surface area (Å²) in [5.41, 5.74) is 5.94. The van der Waals surface area contributed by atoms with Gasteiger partial charge in [-0.2, -0.15) is 0 Å². The lowest BCUT2D eigenvalue weighted by atomic mass is 9.89. The molecule has 1 aliphatic carbocycles. The van der Waals surface area contributed by atoms with Crippen molar-refractivity contribution in [3.8, 4) is 5.75 Å². The highest BCUT2D eigenvalue weighted by Crippen LogP contribution is 2.37. The predicted octanol–water partition coefficient (Wildman–Crippen LogP) is 2.56. The molecule has 2 bridgehead atoms. The molecule has 1 saturated carbocycles. The minimum Gasteiger partial charge on any atom is -0.489 e. The van der Waals surface area contributed by atoms with Crippen molar-refractivity contribution in [3.05, 3.63) is 29.8 Å². The van der Waals surface area contributed by atoms with Crippen LogP contribution < -0.4 is 10.5 Å². The number of aliphatic hydroxyl groups is 1. The number of rotatable bonds is 9. The summed E-state index contributed by atoms with van der Waals surface area (Å²) in [7, 11) is 0. The van der Waals surface area contributed by atoms with Crippen molar-refractivity contribution < 1.29 is 19.4 Å². The molecule has 7 heteroatoms. The average Bonchev–Trinajstić information content (AvgIpc) is 3.04. The van der Waals surface area contributed by atoms with Crippen LogP contribution in [0.15, 0.2) is 24.3 Å². The third-order valence-electron chi connectivity index (χ3n) is 7.61. The van der Waals surface area contributed by atoms with Crippen molar-refractivity contribution in [2.24, 2.45) is 11.7 Å². The monoisotopic (exact) mass is 443 g/mol. The van der Waals surface area contributed by atoms with Crippen LogP contribution in [0.4, 0.5) is 0 Å². The Kier molecular flexibility index (Phi) is 7.68. The first-order valence-electron chi connectivity index (χ1n) is 12.2. The van der Waals surface area contributed by atoms with Gasteiger partial charge in [-0.1, -0.05) is 31.4 Å². The molecule has 2 heterocycles. The first-order chi connectivity index (χ1) is 15.5. The normalized spacial score (nSPS) is 26.1. The van der Waals surface area contributed by atoms with E-state index in [9.17, 15) is 14.7 Å². The summed E-state index contributed by atoms with van der Waals surface area (Å²) in [6, 6.07) is 8.05. The first kappa shape index (κ1) is 23.1. The number of amides is 2. The molecule has 1 aromatic carbocycles. The Morgan fingerprint density at radius 3 is 2.41 bits per heavy atom. The summed E-state index contributed by atoms with van der Waals surface area (Å²) in [6.07, 6.45) is 10.4. The number of fused-ring (bicyclic) bond motifs is 2. The maximum absolute atomic E-state index is 12.4. The minimum absolute atomic E-state index is 0.0710. The molecule has 3 fully saturated rings. The zero-order chi connectivity index (χ0) is 22.5. The summed E-state index contributed by atoms with van der Waals surface area (Å²) >= 11 is 0. The molecule has 176 valence electrons. The molecular weight excluding hydrogens is 406 g/mol. The van der Waals surface area contributed by atoms with E-state index >= 15 is 0 Å². The summed E-state index contributed by atoms with van der Waals surface area (Å²) in [6.45, 7) is 1.89. The lowest BCUT2D eigenvalue weighted by molar-refractivity contribution is -0.135. The van der Waals surface area contributed by atoms with E-state index < -0.39 is 12.5 Å². The number of primary amides is 1. The number of hydrogen-bond donors (Lipinski definition) is 2. The van der Waals surface area contributed by atoms with Crippen molar-refractivity contribution >= 4 is 11.8 Å². The quantitative estimate of drug-likeness (QED) is 0.612. The maximum atomic E-state index is 12.4. The topological polar surface area (TPSA) is 96.1 Å². The fourth-order valence-electron chi connectivity index (χ4n) is 5.97. The molecule has 3 aliphatic rings. The average molecular weight is 444 g/mol. The van der Waals surface area contributed by atoms with Crippen molar-refractivity contribution in [1.82, 2.24) is 9.80 Å². The van der Waals surface area contributed by atoms with Crippen LogP contribution in [0.1, 0.15) is 68.1 Å². The van der Waals surface area contributed by atoms with E-state index in [4.69, 9.17) is 10.5 Å². The van der Waals surface area contributed by atoms with E-state index in [-0.39, 0.29) is 12.0 Å². The van der Waals surface area contributed by atoms with Crippen molar-refractivity contribution in [3.63, 3.8) is 0 Å². The molecule has 4 rings (SSSR count). The van der Waals surface area contributed by atoms with Gasteiger partial charge in [0.05, 0.1) is 5.56 Å². The van der Waals surface area contributed by atoms with Gasteiger partial charge in [-0.3, -0.25) is 14.5 Å². The fraction of sp³-hybridized carbons (Fsp3) is 0.680. The fourth-order valence-corrected chi connectivity index (χ4v) is 5.97. The molecule has 0 radical (unpaired) electrons. The Morgan fingerprint density at radius 2 is 1.75 bits per heavy atom. The number of nitrogens with two attached hydrogens (primary N) is 1. The van der Waals surface area contributed by atoms with E-state index in [2.05, 4.69) is 4.90 Å². The van der Waals surface area contributed by atoms with Crippen LogP contribution in [0.3, 0.4) is 0 Å². The first-order valence-corrected chi connectivity index (χ1v) is 12.2. The number of carbonyl (C=O) groups is 2.